The van der Waals surface area contributed by atoms with Gasteiger partial charge in [-0.25, -0.2) is 14.4 Å². The molecule has 198 valence electrons. The Hall–Kier alpha value is -2.69. The number of hydrogen-bond donors (Lipinski definition) is 4. The molecule has 3 aromatic rings. The molecule has 5 rings (SSSR count). The SMILES string of the molecule is CC1(C(N)=O)CCC(n2c(Nc3c(F)cc(Cl)cc3Cl)nc3cnc(NC4CCC[C@H](O)C4)nc32)CC1. The molecule has 2 aliphatic rings. The van der Waals surface area contributed by atoms with Crippen LogP contribution in [0.5, 0.6) is 0 Å². The summed E-state index contributed by atoms with van der Waals surface area (Å²) in [7, 11) is 0. The number of carbonyl (C=O) groups excluding carboxylic acids is 1. The Kier molecular flexibility index (Phi) is 7.17. The molecule has 1 unspecified atom stereocenters. The number of halogens is 3. The Balaban J connectivity index is 1.52. The van der Waals surface area contributed by atoms with Crippen LogP contribution in [0.4, 0.5) is 22.0 Å². The first-order valence-corrected chi connectivity index (χ1v) is 13.3. The summed E-state index contributed by atoms with van der Waals surface area (Å²) in [6.07, 6.45) is 7.13. The zero-order valence-electron chi connectivity index (χ0n) is 20.5. The van der Waals surface area contributed by atoms with E-state index in [0.29, 0.717) is 55.2 Å². The highest BCUT2D eigenvalue weighted by molar-refractivity contribution is 6.36. The van der Waals surface area contributed by atoms with Crippen molar-refractivity contribution in [2.24, 2.45) is 11.1 Å². The molecule has 2 heterocycles. The van der Waals surface area contributed by atoms with Gasteiger partial charge in [0.1, 0.15) is 11.3 Å². The molecule has 0 saturated heterocycles. The topological polar surface area (TPSA) is 131 Å². The van der Waals surface area contributed by atoms with Gasteiger partial charge in [-0.2, -0.15) is 4.98 Å². The number of amides is 1. The monoisotopic (exact) mass is 549 g/mol. The fourth-order valence-electron chi connectivity index (χ4n) is 5.39. The minimum atomic E-state index is -0.606. The van der Waals surface area contributed by atoms with Crippen LogP contribution in [0.1, 0.15) is 64.3 Å². The number of aliphatic hydroxyl groups excluding tert-OH is 1. The van der Waals surface area contributed by atoms with Gasteiger partial charge < -0.3 is 21.5 Å². The second kappa shape index (κ2) is 10.2. The lowest BCUT2D eigenvalue weighted by Crippen LogP contribution is -2.38. The number of nitrogens with one attached hydrogen (secondary N) is 2. The van der Waals surface area contributed by atoms with Crippen molar-refractivity contribution >= 4 is 57.9 Å². The van der Waals surface area contributed by atoms with Crippen molar-refractivity contribution in [1.29, 1.82) is 0 Å². The number of carbonyl (C=O) groups is 1. The first-order valence-electron chi connectivity index (χ1n) is 12.5. The summed E-state index contributed by atoms with van der Waals surface area (Å²) in [4.78, 5) is 25.9. The standard InChI is InChI=1S/C25H30Cl2FN7O2/c1-25(22(29)37)7-5-15(6-8-25)35-21-19(12-30-23(34-21)31-14-3-2-4-16(36)11-14)32-24(35)33-20-17(27)9-13(26)10-18(20)28/h9-10,12,14-16,36H,2-8,11H2,1H3,(H2,29,37)(H,32,33)(H,30,31,34)/t14?,15?,16-,25?/m0/s1. The number of nitrogens with two attached hydrogens (primary N) is 1. The van der Waals surface area contributed by atoms with Crippen LogP contribution in [-0.2, 0) is 4.79 Å². The van der Waals surface area contributed by atoms with Crippen LogP contribution in [0.25, 0.3) is 11.2 Å². The molecule has 2 saturated carbocycles. The van der Waals surface area contributed by atoms with Gasteiger partial charge in [-0.1, -0.05) is 30.1 Å². The zero-order valence-corrected chi connectivity index (χ0v) is 22.0. The molecule has 9 nitrogen and oxygen atoms in total. The Morgan fingerprint density at radius 3 is 2.65 bits per heavy atom. The summed E-state index contributed by atoms with van der Waals surface area (Å²) >= 11 is 12.3. The Morgan fingerprint density at radius 2 is 1.97 bits per heavy atom. The summed E-state index contributed by atoms with van der Waals surface area (Å²) in [6, 6.07) is 2.65. The van der Waals surface area contributed by atoms with Gasteiger partial charge in [0.2, 0.25) is 17.8 Å². The normalized spacial score (nSPS) is 26.2. The van der Waals surface area contributed by atoms with E-state index >= 15 is 0 Å². The highest BCUT2D eigenvalue weighted by Crippen LogP contribution is 2.43. The number of benzene rings is 1. The third-order valence-corrected chi connectivity index (χ3v) is 8.19. The number of fused-ring (bicyclic) bond motifs is 1. The van der Waals surface area contributed by atoms with Crippen molar-refractivity contribution in [2.45, 2.75) is 76.5 Å². The van der Waals surface area contributed by atoms with E-state index < -0.39 is 11.2 Å². The van der Waals surface area contributed by atoms with Crippen LogP contribution in [-0.4, -0.2) is 42.7 Å². The van der Waals surface area contributed by atoms with Crippen LogP contribution in [0.2, 0.25) is 10.0 Å². The molecule has 0 radical (unpaired) electrons. The molecular formula is C25H30Cl2FN7O2. The number of nitrogens with zero attached hydrogens (tertiary/aromatic N) is 4. The summed E-state index contributed by atoms with van der Waals surface area (Å²) in [5.41, 5.74) is 6.26. The van der Waals surface area contributed by atoms with E-state index in [1.165, 1.54) is 12.1 Å². The van der Waals surface area contributed by atoms with Crippen molar-refractivity contribution < 1.29 is 14.3 Å². The Bertz CT molecular complexity index is 1300. The molecule has 2 aliphatic carbocycles. The third kappa shape index (κ3) is 5.32. The van der Waals surface area contributed by atoms with E-state index in [1.807, 2.05) is 11.5 Å². The number of imidazole rings is 1. The third-order valence-electron chi connectivity index (χ3n) is 7.67. The van der Waals surface area contributed by atoms with Gasteiger partial charge in [0, 0.05) is 22.5 Å². The predicted molar refractivity (Wildman–Crippen MR) is 142 cm³/mol. The first kappa shape index (κ1) is 25.9. The maximum atomic E-state index is 14.8. The van der Waals surface area contributed by atoms with Gasteiger partial charge in [0.15, 0.2) is 5.65 Å². The smallest absolute Gasteiger partial charge is 0.224 e. The van der Waals surface area contributed by atoms with Crippen molar-refractivity contribution in [3.8, 4) is 0 Å². The molecule has 0 bridgehead atoms. The minimum absolute atomic E-state index is 0.0582. The van der Waals surface area contributed by atoms with E-state index in [2.05, 4.69) is 20.6 Å². The van der Waals surface area contributed by atoms with Crippen molar-refractivity contribution in [3.63, 3.8) is 0 Å². The fraction of sp³-hybridized carbons (Fsp3) is 0.520. The number of aliphatic hydroxyl groups is 1. The second-order valence-corrected chi connectivity index (χ2v) is 11.2. The number of aromatic nitrogens is 4. The number of anilines is 3. The maximum absolute atomic E-state index is 14.8. The van der Waals surface area contributed by atoms with Gasteiger partial charge in [0.25, 0.3) is 0 Å². The average molecular weight is 550 g/mol. The quantitative estimate of drug-likeness (QED) is 0.326. The zero-order chi connectivity index (χ0) is 26.3. The summed E-state index contributed by atoms with van der Waals surface area (Å²) < 4.78 is 16.7. The van der Waals surface area contributed by atoms with Gasteiger partial charge in [0.05, 0.1) is 23.0 Å². The van der Waals surface area contributed by atoms with E-state index in [9.17, 15) is 14.3 Å². The molecule has 1 amide bonds. The van der Waals surface area contributed by atoms with Crippen LogP contribution < -0.4 is 16.4 Å². The highest BCUT2D eigenvalue weighted by atomic mass is 35.5. The van der Waals surface area contributed by atoms with E-state index in [0.717, 1.165) is 19.3 Å². The van der Waals surface area contributed by atoms with Crippen LogP contribution >= 0.6 is 23.2 Å². The van der Waals surface area contributed by atoms with E-state index in [-0.39, 0.29) is 39.8 Å². The Morgan fingerprint density at radius 1 is 1.22 bits per heavy atom. The average Bonchev–Trinajstić information content (AvgIpc) is 3.19. The molecular weight excluding hydrogens is 520 g/mol. The molecule has 2 fully saturated rings. The second-order valence-electron chi connectivity index (χ2n) is 10.4. The number of rotatable bonds is 6. The Labute approximate surface area is 224 Å². The molecule has 2 aromatic heterocycles. The fourth-order valence-corrected chi connectivity index (χ4v) is 5.91. The number of hydrogen-bond acceptors (Lipinski definition) is 7. The van der Waals surface area contributed by atoms with Crippen molar-refractivity contribution in [2.75, 3.05) is 10.6 Å². The van der Waals surface area contributed by atoms with E-state index in [4.69, 9.17) is 33.9 Å². The van der Waals surface area contributed by atoms with Crippen LogP contribution in [0.3, 0.4) is 0 Å². The molecule has 12 heteroatoms. The molecule has 0 aliphatic heterocycles. The highest BCUT2D eigenvalue weighted by Gasteiger charge is 2.38. The van der Waals surface area contributed by atoms with E-state index in [1.54, 1.807) is 6.20 Å². The summed E-state index contributed by atoms with van der Waals surface area (Å²) in [6.45, 7) is 1.89. The van der Waals surface area contributed by atoms with Gasteiger partial charge >= 0.3 is 0 Å². The lowest BCUT2D eigenvalue weighted by atomic mass is 9.73. The maximum Gasteiger partial charge on any atom is 0.224 e. The minimum Gasteiger partial charge on any atom is -0.393 e. The lowest BCUT2D eigenvalue weighted by Gasteiger charge is -2.35. The van der Waals surface area contributed by atoms with Crippen molar-refractivity contribution in [1.82, 2.24) is 19.5 Å². The first-order chi connectivity index (χ1) is 17.6. The molecule has 0 spiro atoms. The lowest BCUT2D eigenvalue weighted by molar-refractivity contribution is -0.128. The van der Waals surface area contributed by atoms with Gasteiger partial charge in [-0.05, 0) is 63.5 Å². The summed E-state index contributed by atoms with van der Waals surface area (Å²) in [5, 5.41) is 16.7. The van der Waals surface area contributed by atoms with Crippen molar-refractivity contribution in [3.05, 3.63) is 34.2 Å². The van der Waals surface area contributed by atoms with Gasteiger partial charge in [-0.3, -0.25) is 9.36 Å². The molecule has 5 N–H and O–H groups in total. The molecule has 2 atom stereocenters. The summed E-state index contributed by atoms with van der Waals surface area (Å²) in [5.74, 6) is -0.109. The largest absolute Gasteiger partial charge is 0.393 e. The van der Waals surface area contributed by atoms with Crippen LogP contribution in [0, 0.1) is 11.2 Å². The van der Waals surface area contributed by atoms with Gasteiger partial charge in [-0.15, -0.1) is 0 Å². The number of primary amides is 1. The predicted octanol–water partition coefficient (Wildman–Crippen LogP) is 5.34. The van der Waals surface area contributed by atoms with Crippen LogP contribution in [0.15, 0.2) is 18.3 Å². The molecule has 1 aromatic carbocycles. The molecule has 37 heavy (non-hydrogen) atoms.